The van der Waals surface area contributed by atoms with Gasteiger partial charge in [0, 0.05) is 12.3 Å². The highest BCUT2D eigenvalue weighted by atomic mass is 35.6. The van der Waals surface area contributed by atoms with E-state index in [4.69, 9.17) is 46.4 Å². The number of rotatable bonds is 2. The van der Waals surface area contributed by atoms with Gasteiger partial charge in [0.2, 0.25) is 0 Å². The van der Waals surface area contributed by atoms with Gasteiger partial charge in [0.15, 0.2) is 3.79 Å². The Balaban J connectivity index is 1.99. The van der Waals surface area contributed by atoms with Gasteiger partial charge in [-0.2, -0.15) is 0 Å². The molecule has 4 atom stereocenters. The normalized spacial score (nSPS) is 50.2. The van der Waals surface area contributed by atoms with Crippen molar-refractivity contribution < 1.29 is 0 Å². The molecule has 3 aliphatic carbocycles. The summed E-state index contributed by atoms with van der Waals surface area (Å²) in [7, 11) is 0. The molecule has 0 nitrogen and oxygen atoms in total. The van der Waals surface area contributed by atoms with E-state index in [2.05, 4.69) is 0 Å². The summed E-state index contributed by atoms with van der Waals surface area (Å²) in [6, 6.07) is 0. The molecule has 0 spiro atoms. The van der Waals surface area contributed by atoms with E-state index in [9.17, 15) is 0 Å². The molecule has 0 amide bonds. The largest absolute Gasteiger partial charge is 0.191 e. The lowest BCUT2D eigenvalue weighted by molar-refractivity contribution is 0.116. The Morgan fingerprint density at radius 3 is 2.12 bits per heavy atom. The van der Waals surface area contributed by atoms with Crippen LogP contribution in [0.2, 0.25) is 0 Å². The zero-order valence-corrected chi connectivity index (χ0v) is 12.1. The second kappa shape index (κ2) is 3.59. The molecule has 92 valence electrons. The molecule has 3 aliphatic rings. The summed E-state index contributed by atoms with van der Waals surface area (Å²) in [6.07, 6.45) is 7.11. The van der Waals surface area contributed by atoms with Crippen molar-refractivity contribution in [1.29, 1.82) is 0 Å². The average Bonchev–Trinajstić information content (AvgIpc) is 2.73. The predicted octanol–water partition coefficient (Wildman–Crippen LogP) is 5.18. The van der Waals surface area contributed by atoms with Gasteiger partial charge >= 0.3 is 0 Å². The maximum Gasteiger partial charge on any atom is 0.191 e. The van der Waals surface area contributed by atoms with Crippen LogP contribution in [0.1, 0.15) is 38.5 Å². The van der Waals surface area contributed by atoms with E-state index < -0.39 is 3.79 Å². The molecule has 0 aromatic heterocycles. The van der Waals surface area contributed by atoms with Gasteiger partial charge in [-0.05, 0) is 54.8 Å². The molecule has 3 rings (SSSR count). The lowest BCUT2D eigenvalue weighted by Crippen LogP contribution is -2.38. The lowest BCUT2D eigenvalue weighted by Gasteiger charge is -2.41. The molecule has 0 aromatic rings. The summed E-state index contributed by atoms with van der Waals surface area (Å²) in [5.74, 6) is 2.33. The number of hydrogen-bond acceptors (Lipinski definition) is 0. The Morgan fingerprint density at radius 2 is 1.56 bits per heavy atom. The van der Waals surface area contributed by atoms with Crippen molar-refractivity contribution >= 4 is 46.4 Å². The van der Waals surface area contributed by atoms with E-state index in [1.54, 1.807) is 0 Å². The minimum absolute atomic E-state index is 0.241. The average molecular weight is 302 g/mol. The molecule has 0 aliphatic heterocycles. The molecule has 0 radical (unpaired) electrons. The van der Waals surface area contributed by atoms with Gasteiger partial charge < -0.3 is 0 Å². The minimum Gasteiger partial charge on any atom is -0.126 e. The predicted molar refractivity (Wildman–Crippen MR) is 70.6 cm³/mol. The van der Waals surface area contributed by atoms with Crippen molar-refractivity contribution in [2.24, 2.45) is 22.7 Å². The SMILES string of the molecule is ClCC12CCC3CC1CCC32CC(Cl)(Cl)Cl. The molecule has 4 heteroatoms. The first-order valence-corrected chi connectivity index (χ1v) is 7.73. The monoisotopic (exact) mass is 300 g/mol. The highest BCUT2D eigenvalue weighted by Gasteiger charge is 2.71. The first-order chi connectivity index (χ1) is 7.44. The van der Waals surface area contributed by atoms with E-state index in [1.165, 1.54) is 32.1 Å². The Morgan fingerprint density at radius 1 is 1.00 bits per heavy atom. The zero-order valence-electron chi connectivity index (χ0n) is 9.12. The lowest BCUT2D eigenvalue weighted by atomic mass is 9.67. The fourth-order valence-electron chi connectivity index (χ4n) is 5.24. The molecule has 3 saturated carbocycles. The van der Waals surface area contributed by atoms with E-state index in [-0.39, 0.29) is 5.41 Å². The number of hydrogen-bond donors (Lipinski definition) is 0. The van der Waals surface area contributed by atoms with Gasteiger partial charge in [0.25, 0.3) is 0 Å². The molecular weight excluding hydrogens is 286 g/mol. The van der Waals surface area contributed by atoms with Crippen LogP contribution >= 0.6 is 46.4 Å². The van der Waals surface area contributed by atoms with Crippen LogP contribution in [0.5, 0.6) is 0 Å². The van der Waals surface area contributed by atoms with Gasteiger partial charge in [-0.3, -0.25) is 0 Å². The smallest absolute Gasteiger partial charge is 0.126 e. The molecule has 4 bridgehead atoms. The molecule has 16 heavy (non-hydrogen) atoms. The van der Waals surface area contributed by atoms with Gasteiger partial charge in [-0.15, -0.1) is 11.6 Å². The van der Waals surface area contributed by atoms with Crippen molar-refractivity contribution in [3.05, 3.63) is 0 Å². The number of halogens is 4. The zero-order chi connectivity index (χ0) is 11.6. The van der Waals surface area contributed by atoms with Crippen molar-refractivity contribution in [2.45, 2.75) is 42.3 Å². The molecule has 3 fully saturated rings. The van der Waals surface area contributed by atoms with Crippen LogP contribution < -0.4 is 0 Å². The fourth-order valence-corrected chi connectivity index (χ4v) is 6.57. The van der Waals surface area contributed by atoms with Crippen LogP contribution in [0.3, 0.4) is 0 Å². The topological polar surface area (TPSA) is 0 Å². The third-order valence-corrected chi connectivity index (χ3v) is 6.63. The molecule has 0 N–H and O–H groups in total. The van der Waals surface area contributed by atoms with Crippen molar-refractivity contribution in [2.75, 3.05) is 5.88 Å². The summed E-state index contributed by atoms with van der Waals surface area (Å²) >= 11 is 24.5. The third kappa shape index (κ3) is 1.37. The van der Waals surface area contributed by atoms with Crippen molar-refractivity contribution in [1.82, 2.24) is 0 Å². The van der Waals surface area contributed by atoms with Crippen LogP contribution in [0, 0.1) is 22.7 Å². The highest BCUT2D eigenvalue weighted by Crippen LogP contribution is 2.78. The van der Waals surface area contributed by atoms with Crippen molar-refractivity contribution in [3.63, 3.8) is 0 Å². The third-order valence-electron chi connectivity index (χ3n) is 5.76. The van der Waals surface area contributed by atoms with Crippen LogP contribution in [0.25, 0.3) is 0 Å². The fraction of sp³-hybridized carbons (Fsp3) is 1.00. The van der Waals surface area contributed by atoms with E-state index in [0.29, 0.717) is 11.8 Å². The summed E-state index contributed by atoms with van der Waals surface area (Å²) < 4.78 is -1.11. The van der Waals surface area contributed by atoms with Crippen molar-refractivity contribution in [3.8, 4) is 0 Å². The molecule has 0 saturated heterocycles. The standard InChI is InChI=1S/C12H16Cl4/c13-7-11-4-2-8-5-9(11)1-3-10(8,11)6-12(14,15)16/h8-9H,1-7H2. The Hall–Kier alpha value is 1.16. The Labute approximate surface area is 117 Å². The van der Waals surface area contributed by atoms with E-state index in [0.717, 1.165) is 17.7 Å². The minimum atomic E-state index is -1.11. The molecular formula is C12H16Cl4. The van der Waals surface area contributed by atoms with Crippen LogP contribution in [-0.4, -0.2) is 9.67 Å². The first-order valence-electron chi connectivity index (χ1n) is 6.06. The van der Waals surface area contributed by atoms with Gasteiger partial charge in [-0.1, -0.05) is 34.8 Å². The first kappa shape index (κ1) is 12.2. The molecule has 0 heterocycles. The van der Waals surface area contributed by atoms with Crippen LogP contribution in [-0.2, 0) is 0 Å². The summed E-state index contributed by atoms with van der Waals surface area (Å²) in [5.41, 5.74) is 0.536. The van der Waals surface area contributed by atoms with Crippen LogP contribution in [0.4, 0.5) is 0 Å². The summed E-state index contributed by atoms with van der Waals surface area (Å²) in [5, 5.41) is 0. The maximum absolute atomic E-state index is 6.31. The van der Waals surface area contributed by atoms with Gasteiger partial charge in [0.05, 0.1) is 0 Å². The highest BCUT2D eigenvalue weighted by molar-refractivity contribution is 6.67. The van der Waals surface area contributed by atoms with E-state index >= 15 is 0 Å². The Bertz CT molecular complexity index is 311. The van der Waals surface area contributed by atoms with Crippen LogP contribution in [0.15, 0.2) is 0 Å². The number of alkyl halides is 4. The Kier molecular flexibility index (Phi) is 2.74. The summed E-state index contributed by atoms with van der Waals surface area (Å²) in [6.45, 7) is 0. The second-order valence-corrected chi connectivity index (χ2v) is 8.73. The van der Waals surface area contributed by atoms with E-state index in [1.807, 2.05) is 0 Å². The second-order valence-electron chi connectivity index (χ2n) is 5.94. The molecule has 4 unspecified atom stereocenters. The maximum atomic E-state index is 6.31. The quantitative estimate of drug-likeness (QED) is 0.616. The van der Waals surface area contributed by atoms with Gasteiger partial charge in [0.1, 0.15) is 0 Å². The summed E-state index contributed by atoms with van der Waals surface area (Å²) in [4.78, 5) is 0. The molecule has 0 aromatic carbocycles. The van der Waals surface area contributed by atoms with Gasteiger partial charge in [-0.25, -0.2) is 0 Å².